The molecule has 1 aliphatic carbocycles. The zero-order chi connectivity index (χ0) is 13.9. The van der Waals surface area contributed by atoms with Crippen LogP contribution in [0.25, 0.3) is 0 Å². The molecule has 3 atom stereocenters. The van der Waals surface area contributed by atoms with Crippen molar-refractivity contribution < 1.29 is 9.84 Å². The van der Waals surface area contributed by atoms with Crippen molar-refractivity contribution >= 4 is 0 Å². The van der Waals surface area contributed by atoms with E-state index in [9.17, 15) is 5.11 Å². The lowest BCUT2D eigenvalue weighted by Crippen LogP contribution is -2.39. The van der Waals surface area contributed by atoms with Crippen LogP contribution < -0.4 is 5.32 Å². The van der Waals surface area contributed by atoms with Gasteiger partial charge in [-0.3, -0.25) is 0 Å². The fourth-order valence-corrected chi connectivity index (χ4v) is 2.88. The molecule has 0 spiro atoms. The summed E-state index contributed by atoms with van der Waals surface area (Å²) >= 11 is 0. The molecule has 2 N–H and O–H groups in total. The van der Waals surface area contributed by atoms with Crippen molar-refractivity contribution in [2.45, 2.75) is 37.5 Å². The molecule has 0 amide bonds. The minimum atomic E-state index is -0.539. The van der Waals surface area contributed by atoms with Crippen LogP contribution in [0, 0.1) is 17.2 Å². The van der Waals surface area contributed by atoms with Crippen LogP contribution in [0.1, 0.15) is 36.5 Å². The Morgan fingerprint density at radius 3 is 2.70 bits per heavy atom. The number of ether oxygens (including phenoxy) is 1. The van der Waals surface area contributed by atoms with Gasteiger partial charge in [-0.25, -0.2) is 0 Å². The number of nitriles is 1. The molecule has 0 radical (unpaired) electrons. The summed E-state index contributed by atoms with van der Waals surface area (Å²) in [6, 6.07) is 9.56. The van der Waals surface area contributed by atoms with E-state index in [2.05, 4.69) is 11.4 Å². The number of nitrogens with one attached hydrogen (secondary N) is 1. The highest BCUT2D eigenvalue weighted by Gasteiger charge is 2.40. The van der Waals surface area contributed by atoms with Gasteiger partial charge in [0.05, 0.1) is 23.8 Å². The molecule has 0 bridgehead atoms. The molecule has 20 heavy (non-hydrogen) atoms. The number of hydrogen-bond donors (Lipinski definition) is 2. The minimum absolute atomic E-state index is 0.336. The second-order valence-corrected chi connectivity index (χ2v) is 5.73. The Bertz CT molecular complexity index is 490. The van der Waals surface area contributed by atoms with Crippen LogP contribution in [0.4, 0.5) is 0 Å². The quantitative estimate of drug-likeness (QED) is 0.857. The van der Waals surface area contributed by atoms with Crippen LogP contribution in [0.3, 0.4) is 0 Å². The molecule has 1 aromatic carbocycles. The van der Waals surface area contributed by atoms with Gasteiger partial charge in [-0.1, -0.05) is 12.1 Å². The van der Waals surface area contributed by atoms with Crippen molar-refractivity contribution in [3.8, 4) is 6.07 Å². The molecule has 1 heterocycles. The number of benzene rings is 1. The van der Waals surface area contributed by atoms with Crippen LogP contribution in [0.5, 0.6) is 0 Å². The van der Waals surface area contributed by atoms with Gasteiger partial charge < -0.3 is 15.2 Å². The van der Waals surface area contributed by atoms with Gasteiger partial charge in [-0.15, -0.1) is 0 Å². The van der Waals surface area contributed by atoms with Gasteiger partial charge in [-0.2, -0.15) is 5.26 Å². The predicted octanol–water partition coefficient (Wildman–Crippen LogP) is 1.75. The average Bonchev–Trinajstić information content (AvgIpc) is 3.23. The number of rotatable bonds is 5. The molecule has 1 aromatic rings. The van der Waals surface area contributed by atoms with E-state index in [1.165, 1.54) is 12.8 Å². The van der Waals surface area contributed by atoms with Crippen LogP contribution in [0.15, 0.2) is 24.3 Å². The standard InChI is InChI=1S/C16H20N2O2/c17-9-11-1-3-12(4-2-11)15(19)10-18-14-7-8-20-16(14)13-5-6-13/h1-4,13-16,18-19H,5-8,10H2. The normalized spacial score (nSPS) is 27.2. The van der Waals surface area contributed by atoms with Crippen molar-refractivity contribution in [1.82, 2.24) is 5.32 Å². The molecule has 3 rings (SSSR count). The van der Waals surface area contributed by atoms with E-state index >= 15 is 0 Å². The van der Waals surface area contributed by atoms with Crippen molar-refractivity contribution in [1.29, 1.82) is 5.26 Å². The summed E-state index contributed by atoms with van der Waals surface area (Å²) in [5.41, 5.74) is 1.46. The van der Waals surface area contributed by atoms with E-state index in [0.29, 0.717) is 24.3 Å². The first kappa shape index (κ1) is 13.6. The van der Waals surface area contributed by atoms with E-state index in [1.54, 1.807) is 12.1 Å². The second kappa shape index (κ2) is 5.92. The van der Waals surface area contributed by atoms with Gasteiger partial charge in [0.25, 0.3) is 0 Å². The molecule has 4 nitrogen and oxygen atoms in total. The monoisotopic (exact) mass is 272 g/mol. The number of nitrogens with zero attached hydrogens (tertiary/aromatic N) is 1. The summed E-state index contributed by atoms with van der Waals surface area (Å²) in [6.45, 7) is 1.36. The third kappa shape index (κ3) is 3.01. The van der Waals surface area contributed by atoms with E-state index in [1.807, 2.05) is 12.1 Å². The molecule has 2 aliphatic rings. The van der Waals surface area contributed by atoms with Gasteiger partial charge in [0.2, 0.25) is 0 Å². The summed E-state index contributed by atoms with van der Waals surface area (Å²) < 4.78 is 5.78. The van der Waals surface area contributed by atoms with E-state index in [0.717, 1.165) is 24.5 Å². The largest absolute Gasteiger partial charge is 0.387 e. The third-order valence-electron chi connectivity index (χ3n) is 4.22. The van der Waals surface area contributed by atoms with Crippen LogP contribution in [-0.2, 0) is 4.74 Å². The Kier molecular flexibility index (Phi) is 4.02. The molecular weight excluding hydrogens is 252 g/mol. The molecule has 1 aliphatic heterocycles. The summed E-state index contributed by atoms with van der Waals surface area (Å²) in [4.78, 5) is 0. The van der Waals surface area contributed by atoms with Crippen LogP contribution in [-0.4, -0.2) is 30.4 Å². The van der Waals surface area contributed by atoms with Crippen molar-refractivity contribution in [3.05, 3.63) is 35.4 Å². The first-order chi connectivity index (χ1) is 9.78. The smallest absolute Gasteiger partial charge is 0.0991 e. The molecule has 1 saturated carbocycles. The maximum absolute atomic E-state index is 10.2. The molecule has 3 unspecified atom stereocenters. The van der Waals surface area contributed by atoms with E-state index in [-0.39, 0.29) is 0 Å². The number of aliphatic hydroxyl groups excluding tert-OH is 1. The molecule has 2 fully saturated rings. The van der Waals surface area contributed by atoms with Crippen molar-refractivity contribution in [2.24, 2.45) is 5.92 Å². The van der Waals surface area contributed by atoms with Gasteiger partial charge in [0.1, 0.15) is 0 Å². The average molecular weight is 272 g/mol. The van der Waals surface area contributed by atoms with E-state index in [4.69, 9.17) is 10.00 Å². The first-order valence-corrected chi connectivity index (χ1v) is 7.31. The maximum Gasteiger partial charge on any atom is 0.0991 e. The lowest BCUT2D eigenvalue weighted by atomic mass is 10.0. The van der Waals surface area contributed by atoms with Crippen molar-refractivity contribution in [3.63, 3.8) is 0 Å². The lowest BCUT2D eigenvalue weighted by Gasteiger charge is -2.21. The lowest BCUT2D eigenvalue weighted by molar-refractivity contribution is 0.0770. The Labute approximate surface area is 119 Å². The van der Waals surface area contributed by atoms with Crippen LogP contribution in [0.2, 0.25) is 0 Å². The summed E-state index contributed by atoms with van der Waals surface area (Å²) in [5, 5.41) is 22.4. The molecule has 0 aromatic heterocycles. The second-order valence-electron chi connectivity index (χ2n) is 5.73. The topological polar surface area (TPSA) is 65.3 Å². The fourth-order valence-electron chi connectivity index (χ4n) is 2.88. The summed E-state index contributed by atoms with van der Waals surface area (Å²) in [5.74, 6) is 0.724. The fraction of sp³-hybridized carbons (Fsp3) is 0.562. The molecule has 4 heteroatoms. The highest BCUT2D eigenvalue weighted by molar-refractivity contribution is 5.32. The molecule has 1 saturated heterocycles. The molecule has 106 valence electrons. The predicted molar refractivity (Wildman–Crippen MR) is 75.0 cm³/mol. The summed E-state index contributed by atoms with van der Waals surface area (Å²) in [7, 11) is 0. The third-order valence-corrected chi connectivity index (χ3v) is 4.22. The zero-order valence-electron chi connectivity index (χ0n) is 11.5. The van der Waals surface area contributed by atoms with Gasteiger partial charge >= 0.3 is 0 Å². The Morgan fingerprint density at radius 1 is 1.30 bits per heavy atom. The summed E-state index contributed by atoms with van der Waals surface area (Å²) in [6.07, 6.45) is 3.38. The Balaban J connectivity index is 1.53. The van der Waals surface area contributed by atoms with Gasteiger partial charge in [0, 0.05) is 19.2 Å². The zero-order valence-corrected chi connectivity index (χ0v) is 11.5. The minimum Gasteiger partial charge on any atom is -0.387 e. The van der Waals surface area contributed by atoms with Crippen LogP contribution >= 0.6 is 0 Å². The first-order valence-electron chi connectivity index (χ1n) is 7.31. The van der Waals surface area contributed by atoms with Gasteiger partial charge in [-0.05, 0) is 42.9 Å². The van der Waals surface area contributed by atoms with E-state index < -0.39 is 6.10 Å². The highest BCUT2D eigenvalue weighted by atomic mass is 16.5. The Morgan fingerprint density at radius 2 is 2.05 bits per heavy atom. The maximum atomic E-state index is 10.2. The molecular formula is C16H20N2O2. The highest BCUT2D eigenvalue weighted by Crippen LogP contribution is 2.38. The number of hydrogen-bond acceptors (Lipinski definition) is 4. The number of aliphatic hydroxyl groups is 1. The van der Waals surface area contributed by atoms with Crippen molar-refractivity contribution in [2.75, 3.05) is 13.2 Å². The Hall–Kier alpha value is -1.41. The van der Waals surface area contributed by atoms with Gasteiger partial charge in [0.15, 0.2) is 0 Å². The SMILES string of the molecule is N#Cc1ccc(C(O)CNC2CCOC2C2CC2)cc1.